The molecule has 0 saturated carbocycles. The summed E-state index contributed by atoms with van der Waals surface area (Å²) in [5.74, 6) is -1.38. The van der Waals surface area contributed by atoms with Crippen LogP contribution in [0.1, 0.15) is 40.3 Å². The fourth-order valence-electron chi connectivity index (χ4n) is 2.78. The minimum absolute atomic E-state index is 0.00493. The van der Waals surface area contributed by atoms with Crippen molar-refractivity contribution >= 4 is 57.9 Å². The highest BCUT2D eigenvalue weighted by atomic mass is 35.5. The van der Waals surface area contributed by atoms with E-state index in [9.17, 15) is 14.4 Å². The van der Waals surface area contributed by atoms with Gasteiger partial charge in [-0.15, -0.1) is 0 Å². The van der Waals surface area contributed by atoms with Gasteiger partial charge in [-0.2, -0.15) is 0 Å². The SMILES string of the molecule is CCOC(=O)c1c(NC(=O)CSc2nc3ccc(Cl)cc3[nH]2)oc(C)c1C(C)=O. The Bertz CT molecular complexity index is 1100. The Morgan fingerprint density at radius 2 is 2.07 bits per heavy atom. The lowest BCUT2D eigenvalue weighted by Crippen LogP contribution is -2.17. The number of halogens is 1. The Labute approximate surface area is 175 Å². The largest absolute Gasteiger partial charge is 0.462 e. The molecule has 2 aromatic heterocycles. The van der Waals surface area contributed by atoms with Crippen molar-refractivity contribution in [3.63, 3.8) is 0 Å². The number of hydrogen-bond donors (Lipinski definition) is 2. The van der Waals surface area contributed by atoms with Crippen LogP contribution in [-0.4, -0.2) is 40.0 Å². The number of rotatable bonds is 7. The Morgan fingerprint density at radius 1 is 1.31 bits per heavy atom. The van der Waals surface area contributed by atoms with Crippen molar-refractivity contribution in [3.8, 4) is 0 Å². The van der Waals surface area contributed by atoms with Crippen LogP contribution in [0.25, 0.3) is 11.0 Å². The van der Waals surface area contributed by atoms with E-state index in [1.54, 1.807) is 32.0 Å². The number of nitrogens with one attached hydrogen (secondary N) is 2. The number of imidazole rings is 1. The summed E-state index contributed by atoms with van der Waals surface area (Å²) in [6, 6.07) is 5.25. The van der Waals surface area contributed by atoms with E-state index in [1.807, 2.05) is 0 Å². The van der Waals surface area contributed by atoms with Crippen molar-refractivity contribution < 1.29 is 23.5 Å². The number of carbonyl (C=O) groups excluding carboxylic acids is 3. The molecule has 29 heavy (non-hydrogen) atoms. The van der Waals surface area contributed by atoms with Crippen LogP contribution in [0, 0.1) is 6.92 Å². The molecule has 0 unspecified atom stereocenters. The van der Waals surface area contributed by atoms with Gasteiger partial charge in [-0.05, 0) is 39.0 Å². The number of carbonyl (C=O) groups is 3. The lowest BCUT2D eigenvalue weighted by molar-refractivity contribution is -0.113. The lowest BCUT2D eigenvalue weighted by Gasteiger charge is -2.05. The van der Waals surface area contributed by atoms with Gasteiger partial charge in [-0.1, -0.05) is 23.4 Å². The smallest absolute Gasteiger partial charge is 0.344 e. The number of aryl methyl sites for hydroxylation is 1. The summed E-state index contributed by atoms with van der Waals surface area (Å²) in [7, 11) is 0. The van der Waals surface area contributed by atoms with Gasteiger partial charge in [0.25, 0.3) is 0 Å². The first-order chi connectivity index (χ1) is 13.8. The van der Waals surface area contributed by atoms with E-state index in [0.717, 1.165) is 11.0 Å². The molecule has 8 nitrogen and oxygen atoms in total. The van der Waals surface area contributed by atoms with E-state index < -0.39 is 11.9 Å². The molecule has 0 aliphatic heterocycles. The normalized spacial score (nSPS) is 10.9. The van der Waals surface area contributed by atoms with E-state index >= 15 is 0 Å². The topological polar surface area (TPSA) is 114 Å². The highest BCUT2D eigenvalue weighted by Crippen LogP contribution is 2.29. The maximum Gasteiger partial charge on any atom is 0.344 e. The highest BCUT2D eigenvalue weighted by molar-refractivity contribution is 7.99. The van der Waals surface area contributed by atoms with Gasteiger partial charge in [0.05, 0.1) is 29.0 Å². The average Bonchev–Trinajstić information content (AvgIpc) is 3.19. The number of benzene rings is 1. The summed E-state index contributed by atoms with van der Waals surface area (Å²) in [6.07, 6.45) is 0. The van der Waals surface area contributed by atoms with Gasteiger partial charge < -0.3 is 14.1 Å². The second-order valence-electron chi connectivity index (χ2n) is 6.05. The molecule has 1 amide bonds. The number of ether oxygens (including phenoxy) is 1. The fraction of sp³-hybridized carbons (Fsp3) is 0.263. The fourth-order valence-corrected chi connectivity index (χ4v) is 3.64. The number of hydrogen-bond acceptors (Lipinski definition) is 7. The van der Waals surface area contributed by atoms with E-state index in [4.69, 9.17) is 20.8 Å². The third kappa shape index (κ3) is 4.63. The minimum Gasteiger partial charge on any atom is -0.462 e. The van der Waals surface area contributed by atoms with Crippen molar-refractivity contribution in [1.82, 2.24) is 9.97 Å². The number of thioether (sulfide) groups is 1. The van der Waals surface area contributed by atoms with Crippen LogP contribution < -0.4 is 5.32 Å². The zero-order chi connectivity index (χ0) is 21.1. The second kappa shape index (κ2) is 8.71. The molecular formula is C19H18ClN3O5S. The predicted molar refractivity (Wildman–Crippen MR) is 110 cm³/mol. The van der Waals surface area contributed by atoms with Crippen molar-refractivity contribution in [2.75, 3.05) is 17.7 Å². The molecule has 0 bridgehead atoms. The Kier molecular flexibility index (Phi) is 6.29. The van der Waals surface area contributed by atoms with Crippen LogP contribution >= 0.6 is 23.4 Å². The number of esters is 1. The number of aromatic amines is 1. The van der Waals surface area contributed by atoms with Gasteiger partial charge in [-0.25, -0.2) is 9.78 Å². The summed E-state index contributed by atoms with van der Waals surface area (Å²) >= 11 is 7.13. The number of fused-ring (bicyclic) bond motifs is 1. The molecular weight excluding hydrogens is 418 g/mol. The van der Waals surface area contributed by atoms with Crippen LogP contribution in [0.5, 0.6) is 0 Å². The molecule has 0 radical (unpaired) electrons. The summed E-state index contributed by atoms with van der Waals surface area (Å²) in [5, 5.41) is 3.66. The zero-order valence-electron chi connectivity index (χ0n) is 15.9. The number of nitrogens with zero attached hydrogens (tertiary/aromatic N) is 1. The molecule has 1 aromatic carbocycles. The maximum atomic E-state index is 12.4. The van der Waals surface area contributed by atoms with Gasteiger partial charge in [0.1, 0.15) is 11.3 Å². The average molecular weight is 436 g/mol. The van der Waals surface area contributed by atoms with Crippen LogP contribution in [0.15, 0.2) is 27.8 Å². The Morgan fingerprint density at radius 3 is 2.76 bits per heavy atom. The maximum absolute atomic E-state index is 12.4. The first kappa shape index (κ1) is 20.9. The van der Waals surface area contributed by atoms with Crippen molar-refractivity contribution in [3.05, 3.63) is 40.1 Å². The van der Waals surface area contributed by atoms with Crippen molar-refractivity contribution in [1.29, 1.82) is 0 Å². The molecule has 152 valence electrons. The number of anilines is 1. The van der Waals surface area contributed by atoms with E-state index in [0.29, 0.717) is 10.2 Å². The van der Waals surface area contributed by atoms with Crippen LogP contribution in [0.3, 0.4) is 0 Å². The summed E-state index contributed by atoms with van der Waals surface area (Å²) < 4.78 is 10.5. The van der Waals surface area contributed by atoms with E-state index in [1.165, 1.54) is 18.7 Å². The molecule has 0 atom stereocenters. The lowest BCUT2D eigenvalue weighted by atomic mass is 10.1. The molecule has 3 aromatic rings. The summed E-state index contributed by atoms with van der Waals surface area (Å²) in [6.45, 7) is 4.63. The Balaban J connectivity index is 1.75. The van der Waals surface area contributed by atoms with Gasteiger partial charge in [0.2, 0.25) is 11.8 Å². The van der Waals surface area contributed by atoms with Crippen molar-refractivity contribution in [2.24, 2.45) is 0 Å². The van der Waals surface area contributed by atoms with E-state index in [-0.39, 0.29) is 40.9 Å². The van der Waals surface area contributed by atoms with Gasteiger partial charge in [0.15, 0.2) is 10.9 Å². The molecule has 0 spiro atoms. The Hall–Kier alpha value is -2.78. The first-order valence-electron chi connectivity index (χ1n) is 8.69. The second-order valence-corrected chi connectivity index (χ2v) is 7.45. The molecule has 2 heterocycles. The quantitative estimate of drug-likeness (QED) is 0.324. The van der Waals surface area contributed by atoms with Gasteiger partial charge in [-0.3, -0.25) is 14.9 Å². The molecule has 2 N–H and O–H groups in total. The first-order valence-corrected chi connectivity index (χ1v) is 10.1. The summed E-state index contributed by atoms with van der Waals surface area (Å²) in [5.41, 5.74) is 1.52. The van der Waals surface area contributed by atoms with Crippen LogP contribution in [0.4, 0.5) is 5.88 Å². The number of aromatic nitrogens is 2. The highest BCUT2D eigenvalue weighted by Gasteiger charge is 2.28. The molecule has 3 rings (SSSR count). The molecule has 0 aliphatic carbocycles. The van der Waals surface area contributed by atoms with Crippen LogP contribution in [-0.2, 0) is 9.53 Å². The predicted octanol–water partition coefficient (Wildman–Crippen LogP) is 4.23. The number of ketones is 1. The minimum atomic E-state index is -0.730. The summed E-state index contributed by atoms with van der Waals surface area (Å²) in [4.78, 5) is 44.0. The van der Waals surface area contributed by atoms with Gasteiger partial charge in [0, 0.05) is 5.02 Å². The van der Waals surface area contributed by atoms with E-state index in [2.05, 4.69) is 15.3 Å². The third-order valence-electron chi connectivity index (χ3n) is 3.93. The number of amides is 1. The van der Waals surface area contributed by atoms with Crippen molar-refractivity contribution in [2.45, 2.75) is 25.9 Å². The molecule has 10 heteroatoms. The standard InChI is InChI=1S/C19H18ClN3O5S/c1-4-27-18(26)16-15(9(2)24)10(3)28-17(16)23-14(25)8-29-19-21-12-6-5-11(20)7-13(12)22-19/h5-7H,4,8H2,1-3H3,(H,21,22)(H,23,25). The monoisotopic (exact) mass is 435 g/mol. The molecule has 0 saturated heterocycles. The van der Waals surface area contributed by atoms with Crippen LogP contribution in [0.2, 0.25) is 5.02 Å². The number of furan rings is 1. The van der Waals surface area contributed by atoms with Gasteiger partial charge >= 0.3 is 5.97 Å². The molecule has 0 aliphatic rings. The molecule has 0 fully saturated rings. The zero-order valence-corrected chi connectivity index (χ0v) is 17.5. The number of H-pyrrole nitrogens is 1. The number of Topliss-reactive ketones (excluding diaryl/α,β-unsaturated/α-hetero) is 1. The third-order valence-corrected chi connectivity index (χ3v) is 5.04.